The standard InChI is InChI=1S/C37H53NO3/c1-25(2)8-6-9-26(3)32-17-18-33-31-16-13-28-24-30(19-21-36(28,4)34(31)20-22-37(32,33)5)41-35(39)40-29-14-11-27(12-15-29)10-7-23-38/h11-15,25-26,30-34H,6-10,16-22,24H2,1-5H3/t26-,30+,31-,32+,33-,34-,36+,37-/m1/s1. The molecule has 3 fully saturated rings. The lowest BCUT2D eigenvalue weighted by molar-refractivity contribution is -0.0597. The minimum absolute atomic E-state index is 0.107. The first-order chi connectivity index (χ1) is 19.6. The third-order valence-electron chi connectivity index (χ3n) is 12.2. The molecule has 0 aliphatic heterocycles. The highest BCUT2D eigenvalue weighted by atomic mass is 16.7. The van der Waals surface area contributed by atoms with Crippen LogP contribution in [0.3, 0.4) is 0 Å². The van der Waals surface area contributed by atoms with Gasteiger partial charge in [-0.2, -0.15) is 5.26 Å². The van der Waals surface area contributed by atoms with E-state index in [1.165, 1.54) is 56.9 Å². The van der Waals surface area contributed by atoms with E-state index < -0.39 is 6.16 Å². The van der Waals surface area contributed by atoms with Crippen molar-refractivity contribution in [2.75, 3.05) is 0 Å². The van der Waals surface area contributed by atoms with Gasteiger partial charge in [0.05, 0.1) is 6.07 Å². The minimum atomic E-state index is -0.606. The van der Waals surface area contributed by atoms with Crippen molar-refractivity contribution in [2.45, 2.75) is 124 Å². The second-order valence-corrected chi connectivity index (χ2v) is 14.9. The molecule has 41 heavy (non-hydrogen) atoms. The van der Waals surface area contributed by atoms with Crippen LogP contribution >= 0.6 is 0 Å². The topological polar surface area (TPSA) is 59.3 Å². The molecule has 4 aliphatic rings. The van der Waals surface area contributed by atoms with Gasteiger partial charge in [-0.05, 0) is 115 Å². The highest BCUT2D eigenvalue weighted by molar-refractivity contribution is 5.64. The van der Waals surface area contributed by atoms with Crippen LogP contribution in [0.5, 0.6) is 5.75 Å². The van der Waals surface area contributed by atoms with E-state index in [1.54, 1.807) is 12.1 Å². The number of carbonyl (C=O) groups is 1. The number of nitrogens with zero attached hydrogens (tertiary/aromatic N) is 1. The SMILES string of the molecule is CC(C)CCC[C@@H](C)[C@@H]1CC[C@@H]2[C@H]3CC=C4C[C@@H](OC(=O)Oc5ccc(CCC#N)cc5)CC[C@]4(C)[C@@H]3CC[C@@]21C. The Morgan fingerprint density at radius 3 is 2.54 bits per heavy atom. The highest BCUT2D eigenvalue weighted by Gasteiger charge is 2.59. The number of hydrogen-bond acceptors (Lipinski definition) is 4. The Hall–Kier alpha value is -2.28. The number of nitriles is 1. The van der Waals surface area contributed by atoms with Gasteiger partial charge in [-0.3, -0.25) is 0 Å². The van der Waals surface area contributed by atoms with Crippen molar-refractivity contribution >= 4 is 6.16 Å². The van der Waals surface area contributed by atoms with Crippen LogP contribution in [0.25, 0.3) is 0 Å². The molecule has 0 unspecified atom stereocenters. The fraction of sp³-hybridized carbons (Fsp3) is 0.730. The van der Waals surface area contributed by atoms with Crippen LogP contribution in [-0.4, -0.2) is 12.3 Å². The summed E-state index contributed by atoms with van der Waals surface area (Å²) in [6.07, 6.45) is 16.9. The van der Waals surface area contributed by atoms with E-state index in [-0.39, 0.29) is 11.5 Å². The first kappa shape index (κ1) is 30.2. The van der Waals surface area contributed by atoms with Gasteiger partial charge in [0, 0.05) is 12.8 Å². The summed E-state index contributed by atoms with van der Waals surface area (Å²) < 4.78 is 11.3. The summed E-state index contributed by atoms with van der Waals surface area (Å²) in [5.74, 6) is 5.49. The van der Waals surface area contributed by atoms with Crippen molar-refractivity contribution in [3.8, 4) is 11.8 Å². The quantitative estimate of drug-likeness (QED) is 0.172. The van der Waals surface area contributed by atoms with Crippen molar-refractivity contribution in [3.05, 3.63) is 41.5 Å². The maximum Gasteiger partial charge on any atom is 0.514 e. The lowest BCUT2D eigenvalue weighted by Crippen LogP contribution is -2.51. The zero-order valence-electron chi connectivity index (χ0n) is 26.3. The number of rotatable bonds is 9. The molecule has 4 heteroatoms. The lowest BCUT2D eigenvalue weighted by Gasteiger charge is -2.58. The fourth-order valence-corrected chi connectivity index (χ4v) is 9.93. The zero-order valence-corrected chi connectivity index (χ0v) is 26.3. The molecule has 224 valence electrons. The van der Waals surface area contributed by atoms with E-state index >= 15 is 0 Å². The van der Waals surface area contributed by atoms with Crippen LogP contribution in [0, 0.1) is 57.7 Å². The molecule has 0 spiro atoms. The van der Waals surface area contributed by atoms with E-state index in [0.29, 0.717) is 24.0 Å². The first-order valence-electron chi connectivity index (χ1n) is 16.7. The predicted molar refractivity (Wildman–Crippen MR) is 164 cm³/mol. The van der Waals surface area contributed by atoms with Crippen molar-refractivity contribution in [2.24, 2.45) is 46.3 Å². The molecule has 0 radical (unpaired) electrons. The number of fused-ring (bicyclic) bond motifs is 5. The Bertz CT molecular complexity index is 1130. The maximum absolute atomic E-state index is 12.6. The fourth-order valence-electron chi connectivity index (χ4n) is 9.93. The van der Waals surface area contributed by atoms with Gasteiger partial charge in [-0.25, -0.2) is 4.79 Å². The molecule has 4 aliphatic carbocycles. The van der Waals surface area contributed by atoms with Crippen LogP contribution in [0.15, 0.2) is 35.9 Å². The molecule has 1 aromatic rings. The second kappa shape index (κ2) is 12.5. The van der Waals surface area contributed by atoms with Crippen LogP contribution in [0.1, 0.15) is 117 Å². The molecule has 1 aromatic carbocycles. The Morgan fingerprint density at radius 1 is 1.02 bits per heavy atom. The summed E-state index contributed by atoms with van der Waals surface area (Å²) in [7, 11) is 0. The predicted octanol–water partition coefficient (Wildman–Crippen LogP) is 10.1. The smallest absolute Gasteiger partial charge is 0.430 e. The average Bonchev–Trinajstić information content (AvgIpc) is 3.30. The summed E-state index contributed by atoms with van der Waals surface area (Å²) in [6.45, 7) is 12.5. The van der Waals surface area contributed by atoms with Gasteiger partial charge < -0.3 is 9.47 Å². The number of ether oxygens (including phenoxy) is 2. The number of aryl methyl sites for hydroxylation is 1. The summed E-state index contributed by atoms with van der Waals surface area (Å²) in [4.78, 5) is 12.6. The number of allylic oxidation sites excluding steroid dienone is 1. The number of carbonyl (C=O) groups excluding carboxylic acids is 1. The van der Waals surface area contributed by atoms with Crippen LogP contribution in [0.2, 0.25) is 0 Å². The third-order valence-corrected chi connectivity index (χ3v) is 12.2. The molecular weight excluding hydrogens is 506 g/mol. The van der Waals surface area contributed by atoms with Crippen molar-refractivity contribution in [1.29, 1.82) is 5.26 Å². The van der Waals surface area contributed by atoms with Gasteiger partial charge in [0.2, 0.25) is 0 Å². The summed E-state index contributed by atoms with van der Waals surface area (Å²) in [5, 5.41) is 8.77. The maximum atomic E-state index is 12.6. The van der Waals surface area contributed by atoms with Gasteiger partial charge >= 0.3 is 6.16 Å². The molecule has 0 aromatic heterocycles. The number of benzene rings is 1. The zero-order chi connectivity index (χ0) is 29.2. The molecule has 4 nitrogen and oxygen atoms in total. The van der Waals surface area contributed by atoms with Crippen molar-refractivity contribution in [1.82, 2.24) is 0 Å². The highest BCUT2D eigenvalue weighted by Crippen LogP contribution is 2.67. The van der Waals surface area contributed by atoms with Gasteiger partial charge in [0.1, 0.15) is 11.9 Å². The Balaban J connectivity index is 1.18. The first-order valence-corrected chi connectivity index (χ1v) is 16.7. The van der Waals surface area contributed by atoms with Crippen molar-refractivity contribution in [3.63, 3.8) is 0 Å². The van der Waals surface area contributed by atoms with E-state index in [1.807, 2.05) is 12.1 Å². The second-order valence-electron chi connectivity index (χ2n) is 14.9. The summed E-state index contributed by atoms with van der Waals surface area (Å²) in [5.41, 5.74) is 3.35. The lowest BCUT2D eigenvalue weighted by atomic mass is 9.47. The average molecular weight is 560 g/mol. The molecule has 0 amide bonds. The van der Waals surface area contributed by atoms with Crippen LogP contribution in [-0.2, 0) is 11.2 Å². The largest absolute Gasteiger partial charge is 0.514 e. The minimum Gasteiger partial charge on any atom is -0.430 e. The van der Waals surface area contributed by atoms with Crippen LogP contribution in [0.4, 0.5) is 4.79 Å². The Morgan fingerprint density at radius 2 is 1.80 bits per heavy atom. The molecule has 0 N–H and O–H groups in total. The van der Waals surface area contributed by atoms with Crippen molar-refractivity contribution < 1.29 is 14.3 Å². The van der Waals surface area contributed by atoms with E-state index in [4.69, 9.17) is 14.7 Å². The Labute approximate surface area is 249 Å². The van der Waals surface area contributed by atoms with Gasteiger partial charge in [-0.15, -0.1) is 0 Å². The summed E-state index contributed by atoms with van der Waals surface area (Å²) >= 11 is 0. The van der Waals surface area contributed by atoms with E-state index in [0.717, 1.165) is 60.3 Å². The molecule has 0 saturated heterocycles. The molecular formula is C37H53NO3. The monoisotopic (exact) mass is 559 g/mol. The van der Waals surface area contributed by atoms with E-state index in [2.05, 4.69) is 46.8 Å². The summed E-state index contributed by atoms with van der Waals surface area (Å²) in [6, 6.07) is 9.55. The normalized spacial score (nSPS) is 35.0. The van der Waals surface area contributed by atoms with Gasteiger partial charge in [0.15, 0.2) is 0 Å². The molecule has 0 heterocycles. The molecule has 8 atom stereocenters. The molecule has 5 rings (SSSR count). The third kappa shape index (κ3) is 6.25. The molecule has 0 bridgehead atoms. The number of hydrogen-bond donors (Lipinski definition) is 0. The van der Waals surface area contributed by atoms with Gasteiger partial charge in [-0.1, -0.05) is 77.7 Å². The Kier molecular flexibility index (Phi) is 9.22. The van der Waals surface area contributed by atoms with E-state index in [9.17, 15) is 4.79 Å². The van der Waals surface area contributed by atoms with Crippen LogP contribution < -0.4 is 4.74 Å². The van der Waals surface area contributed by atoms with Gasteiger partial charge in [0.25, 0.3) is 0 Å². The molecule has 3 saturated carbocycles.